The lowest BCUT2D eigenvalue weighted by Crippen LogP contribution is -2.47. The highest BCUT2D eigenvalue weighted by atomic mass is 35.5. The molecule has 0 radical (unpaired) electrons. The van der Waals surface area contributed by atoms with Crippen LogP contribution in [0.25, 0.3) is 0 Å². The molecule has 1 atom stereocenters. The molecule has 154 valence electrons. The van der Waals surface area contributed by atoms with Crippen LogP contribution >= 0.6 is 11.6 Å². The van der Waals surface area contributed by atoms with Gasteiger partial charge in [0.05, 0.1) is 24.3 Å². The fourth-order valence-electron chi connectivity index (χ4n) is 3.81. The number of amides is 2. The van der Waals surface area contributed by atoms with Crippen LogP contribution in [0.15, 0.2) is 42.2 Å². The fourth-order valence-corrected chi connectivity index (χ4v) is 3.98. The Morgan fingerprint density at radius 1 is 1.24 bits per heavy atom. The summed E-state index contributed by atoms with van der Waals surface area (Å²) in [4.78, 5) is 27.4. The molecule has 29 heavy (non-hydrogen) atoms. The first kappa shape index (κ1) is 19.9. The fraction of sp³-hybridized carbons (Fsp3) is 0.429. The van der Waals surface area contributed by atoms with Gasteiger partial charge in [-0.1, -0.05) is 23.8 Å². The maximum atomic E-state index is 12.9. The van der Waals surface area contributed by atoms with Crippen LogP contribution in [0.1, 0.15) is 29.6 Å². The molecular formula is C21H24ClN3O4. The molecule has 1 aromatic carbocycles. The van der Waals surface area contributed by atoms with Crippen molar-refractivity contribution in [2.24, 2.45) is 0 Å². The third-order valence-electron chi connectivity index (χ3n) is 5.36. The number of likely N-dealkylation sites (tertiary alicyclic amines) is 1. The van der Waals surface area contributed by atoms with E-state index in [4.69, 9.17) is 21.1 Å². The summed E-state index contributed by atoms with van der Waals surface area (Å²) < 4.78 is 11.2. The highest BCUT2D eigenvalue weighted by Crippen LogP contribution is 2.31. The van der Waals surface area contributed by atoms with Crippen molar-refractivity contribution in [2.45, 2.75) is 24.9 Å². The molecule has 0 saturated carbocycles. The molecule has 2 saturated heterocycles. The van der Waals surface area contributed by atoms with Crippen molar-refractivity contribution in [1.82, 2.24) is 10.2 Å². The molecule has 0 spiro atoms. The Balaban J connectivity index is 1.42. The van der Waals surface area contributed by atoms with Gasteiger partial charge in [-0.2, -0.15) is 0 Å². The number of anilines is 1. The Bertz CT molecular complexity index is 863. The zero-order chi connectivity index (χ0) is 20.3. The standard InChI is InChI=1S/C21H24ClN3O4/c22-15-5-6-18(24-19(26)12-25-8-1-2-9-25)17(10-15)20(27)23-13-21-7-3-4-16(11-21)28-14-29-21/h3-7,10H,1-2,8-9,11-14H2,(H,23,27)(H,24,26). The monoisotopic (exact) mass is 417 g/mol. The number of carbonyl (C=O) groups excluding carboxylic acids is 2. The van der Waals surface area contributed by atoms with E-state index in [0.29, 0.717) is 29.2 Å². The molecule has 2 N–H and O–H groups in total. The molecule has 8 heteroatoms. The zero-order valence-corrected chi connectivity index (χ0v) is 16.8. The molecule has 7 nitrogen and oxygen atoms in total. The zero-order valence-electron chi connectivity index (χ0n) is 16.1. The minimum absolute atomic E-state index is 0.139. The molecule has 2 bridgehead atoms. The van der Waals surface area contributed by atoms with E-state index in [1.54, 1.807) is 18.2 Å². The molecule has 3 aliphatic rings. The van der Waals surface area contributed by atoms with Gasteiger partial charge < -0.3 is 20.1 Å². The molecule has 2 aliphatic heterocycles. The average Bonchev–Trinajstić information content (AvgIpc) is 3.20. The van der Waals surface area contributed by atoms with Gasteiger partial charge in [-0.05, 0) is 50.2 Å². The lowest BCUT2D eigenvalue weighted by molar-refractivity contribution is -0.143. The lowest BCUT2D eigenvalue weighted by atomic mass is 9.92. The number of hydrogen-bond acceptors (Lipinski definition) is 5. The second-order valence-corrected chi connectivity index (χ2v) is 7.98. The first-order valence-electron chi connectivity index (χ1n) is 9.78. The van der Waals surface area contributed by atoms with Crippen molar-refractivity contribution in [3.63, 3.8) is 0 Å². The SMILES string of the molecule is O=C(CN1CCCC1)Nc1ccc(Cl)cc1C(=O)NCC12C=CC=C(C1)OCO2. The predicted molar refractivity (Wildman–Crippen MR) is 110 cm³/mol. The van der Waals surface area contributed by atoms with Crippen molar-refractivity contribution in [1.29, 1.82) is 0 Å². The summed E-state index contributed by atoms with van der Waals surface area (Å²) in [5.74, 6) is 0.378. The molecule has 0 aromatic heterocycles. The van der Waals surface area contributed by atoms with Crippen LogP contribution in [0.2, 0.25) is 5.02 Å². The van der Waals surface area contributed by atoms with Gasteiger partial charge in [0.2, 0.25) is 5.91 Å². The highest BCUT2D eigenvalue weighted by molar-refractivity contribution is 6.31. The Labute approximate surface area is 174 Å². The van der Waals surface area contributed by atoms with Crippen LogP contribution in [0.5, 0.6) is 0 Å². The van der Waals surface area contributed by atoms with Crippen molar-refractivity contribution in [2.75, 3.05) is 38.3 Å². The Hall–Kier alpha value is -2.35. The molecule has 2 heterocycles. The van der Waals surface area contributed by atoms with Gasteiger partial charge >= 0.3 is 0 Å². The third-order valence-corrected chi connectivity index (χ3v) is 5.60. The minimum Gasteiger partial charge on any atom is -0.472 e. The van der Waals surface area contributed by atoms with Gasteiger partial charge in [-0.3, -0.25) is 14.5 Å². The number of allylic oxidation sites excluding steroid dienone is 2. The average molecular weight is 418 g/mol. The highest BCUT2D eigenvalue weighted by Gasteiger charge is 2.36. The minimum atomic E-state index is -0.615. The quantitative estimate of drug-likeness (QED) is 0.743. The summed E-state index contributed by atoms with van der Waals surface area (Å²) in [5.41, 5.74) is 0.156. The summed E-state index contributed by atoms with van der Waals surface area (Å²) in [6, 6.07) is 4.88. The van der Waals surface area contributed by atoms with Gasteiger partial charge in [-0.25, -0.2) is 0 Å². The van der Waals surface area contributed by atoms with Crippen molar-refractivity contribution < 1.29 is 19.1 Å². The van der Waals surface area contributed by atoms with Crippen LogP contribution in [0.3, 0.4) is 0 Å². The maximum Gasteiger partial charge on any atom is 0.253 e. The van der Waals surface area contributed by atoms with E-state index in [1.807, 2.05) is 18.2 Å². The van der Waals surface area contributed by atoms with Gasteiger partial charge in [0, 0.05) is 11.4 Å². The summed E-state index contributed by atoms with van der Waals surface area (Å²) in [7, 11) is 0. The number of rotatable bonds is 6. The number of nitrogens with one attached hydrogen (secondary N) is 2. The van der Waals surface area contributed by atoms with E-state index in [0.717, 1.165) is 31.7 Å². The molecule has 4 rings (SSSR count). The van der Waals surface area contributed by atoms with Gasteiger partial charge in [0.1, 0.15) is 11.4 Å². The summed E-state index contributed by atoms with van der Waals surface area (Å²) in [6.07, 6.45) is 8.49. The van der Waals surface area contributed by atoms with Crippen LogP contribution < -0.4 is 10.6 Å². The lowest BCUT2D eigenvalue weighted by Gasteiger charge is -2.37. The number of carbonyl (C=O) groups is 2. The maximum absolute atomic E-state index is 12.9. The second-order valence-electron chi connectivity index (χ2n) is 7.54. The molecule has 1 unspecified atom stereocenters. The number of halogens is 1. The van der Waals surface area contributed by atoms with E-state index >= 15 is 0 Å². The largest absolute Gasteiger partial charge is 0.472 e. The molecular weight excluding hydrogens is 394 g/mol. The molecule has 2 amide bonds. The van der Waals surface area contributed by atoms with E-state index in [2.05, 4.69) is 15.5 Å². The predicted octanol–water partition coefficient (Wildman–Crippen LogP) is 2.69. The van der Waals surface area contributed by atoms with Crippen LogP contribution in [0, 0.1) is 0 Å². The summed E-state index contributed by atoms with van der Waals surface area (Å²) in [5, 5.41) is 6.19. The Morgan fingerprint density at radius 3 is 2.90 bits per heavy atom. The van der Waals surface area contributed by atoms with E-state index in [1.165, 1.54) is 0 Å². The second kappa shape index (κ2) is 8.57. The number of nitrogens with zero attached hydrogens (tertiary/aromatic N) is 1. The topological polar surface area (TPSA) is 79.9 Å². The van der Waals surface area contributed by atoms with Crippen molar-refractivity contribution in [3.05, 3.63) is 52.8 Å². The molecule has 1 aromatic rings. The van der Waals surface area contributed by atoms with E-state index in [9.17, 15) is 9.59 Å². The number of benzene rings is 1. The van der Waals surface area contributed by atoms with Gasteiger partial charge in [-0.15, -0.1) is 0 Å². The summed E-state index contributed by atoms with van der Waals surface area (Å²) >= 11 is 6.11. The first-order chi connectivity index (χ1) is 14.0. The molecule has 1 aliphatic carbocycles. The Morgan fingerprint density at radius 2 is 2.07 bits per heavy atom. The number of fused-ring (bicyclic) bond motifs is 2. The van der Waals surface area contributed by atoms with Gasteiger partial charge in [0.25, 0.3) is 5.91 Å². The van der Waals surface area contributed by atoms with Gasteiger partial charge in [0.15, 0.2) is 6.79 Å². The third kappa shape index (κ3) is 4.80. The molecule has 2 fully saturated rings. The first-order valence-corrected chi connectivity index (χ1v) is 10.2. The summed E-state index contributed by atoms with van der Waals surface area (Å²) in [6.45, 7) is 2.62. The van der Waals surface area contributed by atoms with Crippen LogP contribution in [0.4, 0.5) is 5.69 Å². The number of ether oxygens (including phenoxy) is 2. The van der Waals surface area contributed by atoms with Crippen molar-refractivity contribution >= 4 is 29.1 Å². The van der Waals surface area contributed by atoms with E-state index in [-0.39, 0.29) is 25.2 Å². The Kier molecular flexibility index (Phi) is 5.89. The van der Waals surface area contributed by atoms with E-state index < -0.39 is 5.60 Å². The van der Waals surface area contributed by atoms with Crippen LogP contribution in [-0.2, 0) is 14.3 Å². The van der Waals surface area contributed by atoms with Crippen molar-refractivity contribution in [3.8, 4) is 0 Å². The van der Waals surface area contributed by atoms with Crippen LogP contribution in [-0.4, -0.2) is 55.3 Å². The normalized spacial score (nSPS) is 23.3. The number of hydrogen-bond donors (Lipinski definition) is 2. The smallest absolute Gasteiger partial charge is 0.253 e.